The standard InChI is InChI=1S/2C18H20/c2*1-3-9-15(10-4-1)17-13-7-8-14-18(17)16-11-5-2-6-12-16/h2*1,3-4,7-10,13-14,16H,2,5-6,11-12H2. The smallest absolute Gasteiger partial charge is 0.0149 e. The van der Waals surface area contributed by atoms with Gasteiger partial charge in [0.25, 0.3) is 0 Å². The van der Waals surface area contributed by atoms with Gasteiger partial charge in [-0.2, -0.15) is 0 Å². The van der Waals surface area contributed by atoms with Crippen molar-refractivity contribution in [1.82, 2.24) is 0 Å². The fourth-order valence-electron chi connectivity index (χ4n) is 6.29. The lowest BCUT2D eigenvalue weighted by Gasteiger charge is -2.24. The highest BCUT2D eigenvalue weighted by atomic mass is 14.2. The number of rotatable bonds is 4. The van der Waals surface area contributed by atoms with Crippen LogP contribution in [0.15, 0.2) is 109 Å². The Morgan fingerprint density at radius 1 is 0.333 bits per heavy atom. The number of hydrogen-bond acceptors (Lipinski definition) is 0. The molecule has 0 bridgehead atoms. The van der Waals surface area contributed by atoms with Gasteiger partial charge >= 0.3 is 0 Å². The van der Waals surface area contributed by atoms with Gasteiger partial charge in [0.2, 0.25) is 0 Å². The summed E-state index contributed by atoms with van der Waals surface area (Å²) in [5.74, 6) is 1.55. The van der Waals surface area contributed by atoms with Gasteiger partial charge in [0.15, 0.2) is 0 Å². The molecule has 0 atom stereocenters. The maximum absolute atomic E-state index is 2.33. The zero-order valence-electron chi connectivity index (χ0n) is 21.6. The Hall–Kier alpha value is -3.12. The normalized spacial score (nSPS) is 16.7. The molecule has 0 amide bonds. The van der Waals surface area contributed by atoms with E-state index in [1.165, 1.54) is 86.5 Å². The average Bonchev–Trinajstić information content (AvgIpc) is 2.99. The largest absolute Gasteiger partial charge is 0.0622 e. The Labute approximate surface area is 218 Å². The molecule has 4 aromatic rings. The summed E-state index contributed by atoms with van der Waals surface area (Å²) in [4.78, 5) is 0. The average molecular weight is 473 g/mol. The van der Waals surface area contributed by atoms with E-state index in [2.05, 4.69) is 109 Å². The van der Waals surface area contributed by atoms with Crippen LogP contribution in [0.2, 0.25) is 0 Å². The van der Waals surface area contributed by atoms with Crippen LogP contribution < -0.4 is 0 Å². The SMILES string of the molecule is c1ccc(-c2ccccc2C2CCCCC2)cc1.c1ccc(-c2ccccc2C2CCCCC2)cc1. The monoisotopic (exact) mass is 472 g/mol. The Kier molecular flexibility index (Phi) is 8.68. The second-order valence-electron chi connectivity index (χ2n) is 10.6. The van der Waals surface area contributed by atoms with E-state index >= 15 is 0 Å². The van der Waals surface area contributed by atoms with Crippen molar-refractivity contribution in [1.29, 1.82) is 0 Å². The van der Waals surface area contributed by atoms with E-state index in [9.17, 15) is 0 Å². The summed E-state index contributed by atoms with van der Waals surface area (Å²) in [6, 6.07) is 39.5. The molecule has 2 saturated carbocycles. The lowest BCUT2D eigenvalue weighted by Crippen LogP contribution is -2.05. The molecule has 0 aliphatic heterocycles. The molecule has 0 aromatic heterocycles. The predicted octanol–water partition coefficient (Wildman–Crippen LogP) is 10.8. The molecule has 4 aromatic carbocycles. The first-order valence-corrected chi connectivity index (χ1v) is 14.2. The molecule has 0 spiro atoms. The van der Waals surface area contributed by atoms with Crippen LogP contribution in [0, 0.1) is 0 Å². The molecule has 0 heterocycles. The molecule has 36 heavy (non-hydrogen) atoms. The van der Waals surface area contributed by atoms with E-state index in [0.29, 0.717) is 0 Å². The Morgan fingerprint density at radius 2 is 0.667 bits per heavy atom. The second-order valence-corrected chi connectivity index (χ2v) is 10.6. The molecule has 0 nitrogen and oxygen atoms in total. The zero-order chi connectivity index (χ0) is 24.4. The van der Waals surface area contributed by atoms with Gasteiger partial charge in [-0.25, -0.2) is 0 Å². The first-order valence-electron chi connectivity index (χ1n) is 14.2. The zero-order valence-corrected chi connectivity index (χ0v) is 21.6. The van der Waals surface area contributed by atoms with E-state index in [1.54, 1.807) is 11.1 Å². The van der Waals surface area contributed by atoms with Crippen molar-refractivity contribution >= 4 is 0 Å². The molecular formula is C36H40. The van der Waals surface area contributed by atoms with Crippen LogP contribution in [0.5, 0.6) is 0 Å². The number of hydrogen-bond donors (Lipinski definition) is 0. The van der Waals surface area contributed by atoms with Gasteiger partial charge in [-0.05, 0) is 70.9 Å². The summed E-state index contributed by atoms with van der Waals surface area (Å²) in [6.45, 7) is 0. The maximum atomic E-state index is 2.33. The molecular weight excluding hydrogens is 432 g/mol. The first-order chi connectivity index (χ1) is 17.9. The third kappa shape index (κ3) is 6.16. The third-order valence-corrected chi connectivity index (χ3v) is 8.18. The van der Waals surface area contributed by atoms with Crippen molar-refractivity contribution in [2.75, 3.05) is 0 Å². The van der Waals surface area contributed by atoms with Crippen molar-refractivity contribution in [3.8, 4) is 22.3 Å². The highest BCUT2D eigenvalue weighted by Gasteiger charge is 2.19. The molecule has 2 aliphatic carbocycles. The minimum Gasteiger partial charge on any atom is -0.0622 e. The molecule has 0 N–H and O–H groups in total. The molecule has 6 rings (SSSR count). The van der Waals surface area contributed by atoms with E-state index in [4.69, 9.17) is 0 Å². The van der Waals surface area contributed by atoms with Crippen molar-refractivity contribution in [3.05, 3.63) is 120 Å². The minimum absolute atomic E-state index is 0.773. The lowest BCUT2D eigenvalue weighted by molar-refractivity contribution is 0.444. The molecule has 2 fully saturated rings. The summed E-state index contributed by atoms with van der Waals surface area (Å²) in [6.07, 6.45) is 13.9. The quantitative estimate of drug-likeness (QED) is 0.277. The van der Waals surface area contributed by atoms with E-state index in [0.717, 1.165) is 11.8 Å². The topological polar surface area (TPSA) is 0 Å². The van der Waals surface area contributed by atoms with Gasteiger partial charge in [0, 0.05) is 0 Å². The van der Waals surface area contributed by atoms with Crippen molar-refractivity contribution in [2.24, 2.45) is 0 Å². The molecule has 0 heteroatoms. The molecule has 0 radical (unpaired) electrons. The van der Waals surface area contributed by atoms with Gasteiger partial charge in [-0.3, -0.25) is 0 Å². The van der Waals surface area contributed by atoms with Crippen molar-refractivity contribution in [2.45, 2.75) is 76.0 Å². The number of benzene rings is 4. The van der Waals surface area contributed by atoms with E-state index < -0.39 is 0 Å². The van der Waals surface area contributed by atoms with Gasteiger partial charge < -0.3 is 0 Å². The Morgan fingerprint density at radius 3 is 1.06 bits per heavy atom. The minimum atomic E-state index is 0.773. The fourth-order valence-corrected chi connectivity index (χ4v) is 6.29. The highest BCUT2D eigenvalue weighted by molar-refractivity contribution is 5.68. The first kappa shape index (κ1) is 24.6. The van der Waals surface area contributed by atoms with E-state index in [-0.39, 0.29) is 0 Å². The summed E-state index contributed by atoms with van der Waals surface area (Å²) < 4.78 is 0. The second kappa shape index (κ2) is 12.7. The molecule has 0 unspecified atom stereocenters. The van der Waals surface area contributed by atoms with Crippen LogP contribution in [-0.4, -0.2) is 0 Å². The van der Waals surface area contributed by atoms with Gasteiger partial charge in [-0.1, -0.05) is 148 Å². The molecule has 2 aliphatic rings. The third-order valence-electron chi connectivity index (χ3n) is 8.18. The van der Waals surface area contributed by atoms with E-state index in [1.807, 2.05) is 0 Å². The fraction of sp³-hybridized carbons (Fsp3) is 0.333. The summed E-state index contributed by atoms with van der Waals surface area (Å²) in [7, 11) is 0. The predicted molar refractivity (Wildman–Crippen MR) is 155 cm³/mol. The van der Waals surface area contributed by atoms with Gasteiger partial charge in [0.1, 0.15) is 0 Å². The summed E-state index contributed by atoms with van der Waals surface area (Å²) in [5.41, 5.74) is 8.71. The van der Waals surface area contributed by atoms with Crippen LogP contribution >= 0.6 is 0 Å². The lowest BCUT2D eigenvalue weighted by atomic mass is 9.81. The Balaban J connectivity index is 0.000000148. The van der Waals surface area contributed by atoms with Crippen LogP contribution in [0.4, 0.5) is 0 Å². The van der Waals surface area contributed by atoms with Crippen LogP contribution in [-0.2, 0) is 0 Å². The highest BCUT2D eigenvalue weighted by Crippen LogP contribution is 2.39. The van der Waals surface area contributed by atoms with Gasteiger partial charge in [-0.15, -0.1) is 0 Å². The van der Waals surface area contributed by atoms with Crippen molar-refractivity contribution in [3.63, 3.8) is 0 Å². The maximum Gasteiger partial charge on any atom is -0.0149 e. The van der Waals surface area contributed by atoms with Crippen LogP contribution in [0.25, 0.3) is 22.3 Å². The molecule has 184 valence electrons. The van der Waals surface area contributed by atoms with Crippen LogP contribution in [0.3, 0.4) is 0 Å². The summed E-state index contributed by atoms with van der Waals surface area (Å²) >= 11 is 0. The molecule has 0 saturated heterocycles. The van der Waals surface area contributed by atoms with Gasteiger partial charge in [0.05, 0.1) is 0 Å². The summed E-state index contributed by atoms with van der Waals surface area (Å²) in [5, 5.41) is 0. The Bertz CT molecular complexity index is 1080. The van der Waals surface area contributed by atoms with Crippen LogP contribution in [0.1, 0.15) is 87.2 Å². The van der Waals surface area contributed by atoms with Crippen molar-refractivity contribution < 1.29 is 0 Å².